The van der Waals surface area contributed by atoms with E-state index >= 15 is 0 Å². The Morgan fingerprint density at radius 2 is 2.13 bits per heavy atom. The Morgan fingerprint density at radius 1 is 1.27 bits per heavy atom. The molecule has 0 bridgehead atoms. The molecule has 1 saturated heterocycles. The molecule has 3 nitrogen and oxygen atoms in total. The molecule has 1 aromatic rings. The van der Waals surface area contributed by atoms with Gasteiger partial charge in [0.1, 0.15) is 6.10 Å². The van der Waals surface area contributed by atoms with E-state index in [1.807, 2.05) is 0 Å². The molecule has 3 heteroatoms. The van der Waals surface area contributed by atoms with Crippen LogP contribution in [-0.4, -0.2) is 24.7 Å². The molecule has 1 N–H and O–H groups in total. The zero-order valence-corrected chi connectivity index (χ0v) is 8.78. The summed E-state index contributed by atoms with van der Waals surface area (Å²) in [6.07, 6.45) is 2.76. The monoisotopic (exact) mass is 204 g/mol. The van der Waals surface area contributed by atoms with E-state index in [4.69, 9.17) is 9.72 Å². The third kappa shape index (κ3) is 2.03. The Bertz CT molecular complexity index is 343. The number of morpholine rings is 1. The van der Waals surface area contributed by atoms with Crippen LogP contribution in [0.4, 0.5) is 0 Å². The minimum Gasteiger partial charge on any atom is -0.369 e. The Balaban J connectivity index is 1.80. The predicted octanol–water partition coefficient (Wildman–Crippen LogP) is 1.62. The molecule has 15 heavy (non-hydrogen) atoms. The lowest BCUT2D eigenvalue weighted by Gasteiger charge is -2.23. The van der Waals surface area contributed by atoms with Gasteiger partial charge in [0.2, 0.25) is 0 Å². The summed E-state index contributed by atoms with van der Waals surface area (Å²) in [5.41, 5.74) is 2.34. The van der Waals surface area contributed by atoms with Gasteiger partial charge in [0, 0.05) is 24.7 Å². The van der Waals surface area contributed by atoms with Gasteiger partial charge < -0.3 is 10.1 Å². The van der Waals surface area contributed by atoms with Crippen molar-refractivity contribution in [3.63, 3.8) is 0 Å². The highest BCUT2D eigenvalue weighted by Crippen LogP contribution is 2.39. The van der Waals surface area contributed by atoms with E-state index in [1.165, 1.54) is 18.5 Å². The lowest BCUT2D eigenvalue weighted by atomic mass is 10.1. The van der Waals surface area contributed by atoms with E-state index in [-0.39, 0.29) is 6.10 Å². The van der Waals surface area contributed by atoms with E-state index in [9.17, 15) is 0 Å². The SMILES string of the molecule is c1cc(C2CC2)nc(C2CNCCO2)c1. The summed E-state index contributed by atoms with van der Waals surface area (Å²) in [6, 6.07) is 6.31. The van der Waals surface area contributed by atoms with Gasteiger partial charge >= 0.3 is 0 Å². The zero-order chi connectivity index (χ0) is 10.1. The van der Waals surface area contributed by atoms with Crippen molar-refractivity contribution in [3.05, 3.63) is 29.6 Å². The molecule has 0 radical (unpaired) electrons. The molecule has 1 saturated carbocycles. The number of pyridine rings is 1. The van der Waals surface area contributed by atoms with Crippen molar-refractivity contribution < 1.29 is 4.74 Å². The highest BCUT2D eigenvalue weighted by molar-refractivity contribution is 5.20. The van der Waals surface area contributed by atoms with Crippen molar-refractivity contribution in [1.29, 1.82) is 0 Å². The Labute approximate surface area is 89.9 Å². The van der Waals surface area contributed by atoms with Crippen LogP contribution in [0.1, 0.15) is 36.3 Å². The minimum absolute atomic E-state index is 0.150. The average Bonchev–Trinajstić information content (AvgIpc) is 3.14. The van der Waals surface area contributed by atoms with Gasteiger partial charge in [0.05, 0.1) is 12.3 Å². The first-order chi connectivity index (χ1) is 7.43. The molecule has 80 valence electrons. The van der Waals surface area contributed by atoms with Gasteiger partial charge in [-0.15, -0.1) is 0 Å². The minimum atomic E-state index is 0.150. The number of nitrogens with one attached hydrogen (secondary N) is 1. The summed E-state index contributed by atoms with van der Waals surface area (Å²) in [5, 5.41) is 3.33. The lowest BCUT2D eigenvalue weighted by molar-refractivity contribution is 0.0249. The molecule has 2 heterocycles. The van der Waals surface area contributed by atoms with Crippen LogP contribution in [0.2, 0.25) is 0 Å². The van der Waals surface area contributed by atoms with Crippen molar-refractivity contribution in [2.24, 2.45) is 0 Å². The Morgan fingerprint density at radius 3 is 2.87 bits per heavy atom. The number of aromatic nitrogens is 1. The first-order valence-corrected chi connectivity index (χ1v) is 5.72. The second-order valence-corrected chi connectivity index (χ2v) is 4.33. The van der Waals surface area contributed by atoms with Crippen molar-refractivity contribution in [2.45, 2.75) is 24.9 Å². The van der Waals surface area contributed by atoms with Crippen molar-refractivity contribution in [2.75, 3.05) is 19.7 Å². The summed E-state index contributed by atoms with van der Waals surface area (Å²) in [4.78, 5) is 4.69. The maximum Gasteiger partial charge on any atom is 0.112 e. The molecule has 2 fully saturated rings. The maximum atomic E-state index is 5.69. The van der Waals surface area contributed by atoms with Gasteiger partial charge in [0.25, 0.3) is 0 Å². The van der Waals surface area contributed by atoms with Crippen LogP contribution in [0.5, 0.6) is 0 Å². The van der Waals surface area contributed by atoms with E-state index < -0.39 is 0 Å². The highest BCUT2D eigenvalue weighted by atomic mass is 16.5. The molecule has 1 unspecified atom stereocenters. The first-order valence-electron chi connectivity index (χ1n) is 5.72. The fraction of sp³-hybridized carbons (Fsp3) is 0.583. The van der Waals surface area contributed by atoms with Crippen LogP contribution < -0.4 is 5.32 Å². The van der Waals surface area contributed by atoms with Gasteiger partial charge in [-0.25, -0.2) is 0 Å². The number of hydrogen-bond donors (Lipinski definition) is 1. The molecule has 0 aromatic carbocycles. The van der Waals surface area contributed by atoms with Gasteiger partial charge in [-0.1, -0.05) is 6.07 Å². The van der Waals surface area contributed by atoms with Crippen molar-refractivity contribution >= 4 is 0 Å². The number of ether oxygens (including phenoxy) is 1. The average molecular weight is 204 g/mol. The summed E-state index contributed by atoms with van der Waals surface area (Å²) in [7, 11) is 0. The Hall–Kier alpha value is -0.930. The summed E-state index contributed by atoms with van der Waals surface area (Å²) in [6.45, 7) is 2.64. The molecule has 1 atom stereocenters. The van der Waals surface area contributed by atoms with Gasteiger partial charge in [-0.2, -0.15) is 0 Å². The largest absolute Gasteiger partial charge is 0.369 e. The van der Waals surface area contributed by atoms with E-state index in [2.05, 4.69) is 23.5 Å². The standard InChI is InChI=1S/C12H16N2O/c1-2-10(9-4-5-9)14-11(3-1)12-8-13-6-7-15-12/h1-3,9,12-13H,4-8H2. The quantitative estimate of drug-likeness (QED) is 0.795. The fourth-order valence-electron chi connectivity index (χ4n) is 2.01. The normalized spacial score (nSPS) is 26.5. The lowest BCUT2D eigenvalue weighted by Crippen LogP contribution is -2.33. The number of nitrogens with zero attached hydrogens (tertiary/aromatic N) is 1. The maximum absolute atomic E-state index is 5.69. The van der Waals surface area contributed by atoms with Crippen molar-refractivity contribution in [1.82, 2.24) is 10.3 Å². The predicted molar refractivity (Wildman–Crippen MR) is 57.8 cm³/mol. The first kappa shape index (κ1) is 9.31. The second kappa shape index (κ2) is 3.91. The topological polar surface area (TPSA) is 34.2 Å². The van der Waals surface area contributed by atoms with Gasteiger partial charge in [-0.05, 0) is 25.0 Å². The Kier molecular flexibility index (Phi) is 2.43. The molecule has 1 aliphatic heterocycles. The molecule has 0 amide bonds. The third-order valence-electron chi connectivity index (χ3n) is 3.05. The molecule has 1 aliphatic carbocycles. The number of hydrogen-bond acceptors (Lipinski definition) is 3. The molecule has 3 rings (SSSR count). The van der Waals surface area contributed by atoms with Gasteiger partial charge in [-0.3, -0.25) is 4.98 Å². The third-order valence-corrected chi connectivity index (χ3v) is 3.05. The van der Waals surface area contributed by atoms with Crippen LogP contribution in [0.15, 0.2) is 18.2 Å². The van der Waals surface area contributed by atoms with E-state index in [1.54, 1.807) is 0 Å². The molecular formula is C12H16N2O. The van der Waals surface area contributed by atoms with Gasteiger partial charge in [0.15, 0.2) is 0 Å². The van der Waals surface area contributed by atoms with E-state index in [0.717, 1.165) is 31.3 Å². The second-order valence-electron chi connectivity index (χ2n) is 4.33. The molecule has 0 spiro atoms. The van der Waals surface area contributed by atoms with Crippen LogP contribution >= 0.6 is 0 Å². The smallest absolute Gasteiger partial charge is 0.112 e. The van der Waals surface area contributed by atoms with Crippen LogP contribution in [0.3, 0.4) is 0 Å². The van der Waals surface area contributed by atoms with E-state index in [0.29, 0.717) is 0 Å². The van der Waals surface area contributed by atoms with Crippen LogP contribution in [0, 0.1) is 0 Å². The highest BCUT2D eigenvalue weighted by Gasteiger charge is 2.26. The summed E-state index contributed by atoms with van der Waals surface area (Å²) >= 11 is 0. The summed E-state index contributed by atoms with van der Waals surface area (Å²) in [5.74, 6) is 0.724. The molecule has 2 aliphatic rings. The molecular weight excluding hydrogens is 188 g/mol. The number of rotatable bonds is 2. The molecule has 1 aromatic heterocycles. The van der Waals surface area contributed by atoms with Crippen LogP contribution in [0.25, 0.3) is 0 Å². The zero-order valence-electron chi connectivity index (χ0n) is 8.78. The fourth-order valence-corrected chi connectivity index (χ4v) is 2.01. The van der Waals surface area contributed by atoms with Crippen molar-refractivity contribution in [3.8, 4) is 0 Å². The summed E-state index contributed by atoms with van der Waals surface area (Å²) < 4.78 is 5.69. The van der Waals surface area contributed by atoms with Crippen LogP contribution in [-0.2, 0) is 4.74 Å².